The van der Waals surface area contributed by atoms with E-state index in [0.29, 0.717) is 12.1 Å². The average Bonchev–Trinajstić information content (AvgIpc) is 2.20. The number of carbonyl (C=O) groups is 1. The number of hydrogen-bond donors (Lipinski definition) is 1. The van der Waals surface area contributed by atoms with Crippen LogP contribution in [0.2, 0.25) is 0 Å². The quantitative estimate of drug-likeness (QED) is 0.860. The predicted octanol–water partition coefficient (Wildman–Crippen LogP) is 1.40. The minimum atomic E-state index is -1.29. The first-order valence-electron chi connectivity index (χ1n) is 5.58. The van der Waals surface area contributed by atoms with Gasteiger partial charge in [0.25, 0.3) is 5.56 Å². The van der Waals surface area contributed by atoms with Crippen LogP contribution in [0.15, 0.2) is 16.9 Å². The molecule has 0 bridgehead atoms. The molecule has 1 atom stereocenters. The highest BCUT2D eigenvalue weighted by Crippen LogP contribution is 2.23. The van der Waals surface area contributed by atoms with E-state index in [0.717, 1.165) is 4.68 Å². The molecule has 0 aromatic carbocycles. The molecule has 17 heavy (non-hydrogen) atoms. The standard InChI is InChI=1S/C12H18N2O3/c1-8(2)7-12(4,11(16)17)14-10(15)6-5-9(3)13-14/h5-6,8H,7H2,1-4H3,(H,16,17). The summed E-state index contributed by atoms with van der Waals surface area (Å²) in [7, 11) is 0. The van der Waals surface area contributed by atoms with Crippen LogP contribution in [0.3, 0.4) is 0 Å². The van der Waals surface area contributed by atoms with Crippen molar-refractivity contribution in [2.45, 2.75) is 39.7 Å². The lowest BCUT2D eigenvalue weighted by Crippen LogP contribution is -2.47. The fourth-order valence-corrected chi connectivity index (χ4v) is 1.92. The molecule has 94 valence electrons. The lowest BCUT2D eigenvalue weighted by Gasteiger charge is -2.27. The monoisotopic (exact) mass is 238 g/mol. The van der Waals surface area contributed by atoms with Gasteiger partial charge in [-0.2, -0.15) is 5.10 Å². The summed E-state index contributed by atoms with van der Waals surface area (Å²) in [4.78, 5) is 23.2. The van der Waals surface area contributed by atoms with Gasteiger partial charge in [-0.25, -0.2) is 9.48 Å². The maximum Gasteiger partial charge on any atom is 0.331 e. The van der Waals surface area contributed by atoms with Crippen LogP contribution >= 0.6 is 0 Å². The largest absolute Gasteiger partial charge is 0.479 e. The van der Waals surface area contributed by atoms with Crippen molar-refractivity contribution in [2.75, 3.05) is 0 Å². The van der Waals surface area contributed by atoms with Crippen molar-refractivity contribution in [1.29, 1.82) is 0 Å². The topological polar surface area (TPSA) is 72.2 Å². The second kappa shape index (κ2) is 4.69. The molecule has 0 amide bonds. The Morgan fingerprint density at radius 3 is 2.59 bits per heavy atom. The summed E-state index contributed by atoms with van der Waals surface area (Å²) in [6.45, 7) is 7.10. The third-order valence-corrected chi connectivity index (χ3v) is 2.67. The molecule has 1 heterocycles. The maximum absolute atomic E-state index is 11.7. The zero-order valence-corrected chi connectivity index (χ0v) is 10.6. The fourth-order valence-electron chi connectivity index (χ4n) is 1.92. The van der Waals surface area contributed by atoms with E-state index in [-0.39, 0.29) is 11.5 Å². The number of aliphatic carboxylic acids is 1. The Hall–Kier alpha value is -1.65. The van der Waals surface area contributed by atoms with Crippen molar-refractivity contribution in [1.82, 2.24) is 9.78 Å². The molecule has 5 heteroatoms. The van der Waals surface area contributed by atoms with Crippen molar-refractivity contribution < 1.29 is 9.90 Å². The van der Waals surface area contributed by atoms with Crippen LogP contribution in [-0.2, 0) is 10.3 Å². The van der Waals surface area contributed by atoms with E-state index >= 15 is 0 Å². The molecule has 0 radical (unpaired) electrons. The van der Waals surface area contributed by atoms with Gasteiger partial charge in [0.2, 0.25) is 0 Å². The third kappa shape index (κ3) is 2.72. The summed E-state index contributed by atoms with van der Waals surface area (Å²) in [6, 6.07) is 2.93. The summed E-state index contributed by atoms with van der Waals surface area (Å²) >= 11 is 0. The van der Waals surface area contributed by atoms with Crippen molar-refractivity contribution in [3.8, 4) is 0 Å². The molecule has 1 N–H and O–H groups in total. The number of nitrogens with zero attached hydrogens (tertiary/aromatic N) is 2. The number of aryl methyl sites for hydroxylation is 1. The molecule has 0 aliphatic heterocycles. The van der Waals surface area contributed by atoms with Gasteiger partial charge in [0, 0.05) is 6.07 Å². The molecule has 1 unspecified atom stereocenters. The highest BCUT2D eigenvalue weighted by atomic mass is 16.4. The first kappa shape index (κ1) is 13.4. The number of carboxylic acids is 1. The predicted molar refractivity (Wildman–Crippen MR) is 64.0 cm³/mol. The van der Waals surface area contributed by atoms with E-state index in [9.17, 15) is 14.7 Å². The van der Waals surface area contributed by atoms with Crippen molar-refractivity contribution in [3.63, 3.8) is 0 Å². The van der Waals surface area contributed by atoms with Gasteiger partial charge in [0.1, 0.15) is 0 Å². The van der Waals surface area contributed by atoms with E-state index in [1.165, 1.54) is 13.0 Å². The van der Waals surface area contributed by atoms with E-state index in [2.05, 4.69) is 5.10 Å². The second-order valence-electron chi connectivity index (χ2n) is 4.90. The van der Waals surface area contributed by atoms with Crippen molar-refractivity contribution >= 4 is 5.97 Å². The Morgan fingerprint density at radius 1 is 1.53 bits per heavy atom. The molecule has 1 aromatic rings. The Bertz CT molecular complexity index is 479. The van der Waals surface area contributed by atoms with Gasteiger partial charge in [0.05, 0.1) is 5.69 Å². The van der Waals surface area contributed by atoms with Gasteiger partial charge >= 0.3 is 5.97 Å². The van der Waals surface area contributed by atoms with Crippen LogP contribution in [0.25, 0.3) is 0 Å². The summed E-state index contributed by atoms with van der Waals surface area (Å²) in [5.41, 5.74) is -1.06. The van der Waals surface area contributed by atoms with E-state index < -0.39 is 11.5 Å². The van der Waals surface area contributed by atoms with Gasteiger partial charge in [-0.05, 0) is 32.3 Å². The highest BCUT2D eigenvalue weighted by molar-refractivity contribution is 5.76. The highest BCUT2D eigenvalue weighted by Gasteiger charge is 2.37. The van der Waals surface area contributed by atoms with Crippen LogP contribution in [0.4, 0.5) is 0 Å². The van der Waals surface area contributed by atoms with Crippen LogP contribution in [-0.4, -0.2) is 20.9 Å². The SMILES string of the molecule is Cc1ccc(=O)n(C(C)(CC(C)C)C(=O)O)n1. The van der Waals surface area contributed by atoms with Crippen molar-refractivity contribution in [2.24, 2.45) is 5.92 Å². The number of aromatic nitrogens is 2. The molecular weight excluding hydrogens is 220 g/mol. The molecule has 0 spiro atoms. The zero-order valence-electron chi connectivity index (χ0n) is 10.6. The van der Waals surface area contributed by atoms with Crippen LogP contribution in [0, 0.1) is 12.8 Å². The van der Waals surface area contributed by atoms with Gasteiger partial charge in [-0.1, -0.05) is 13.8 Å². The Labute approximate surface area is 100 Å². The molecule has 0 saturated carbocycles. The summed E-state index contributed by atoms with van der Waals surface area (Å²) in [5, 5.41) is 13.4. The lowest BCUT2D eigenvalue weighted by atomic mass is 9.91. The molecule has 0 aliphatic carbocycles. The Balaban J connectivity index is 3.37. The van der Waals surface area contributed by atoms with Gasteiger partial charge in [0.15, 0.2) is 5.54 Å². The smallest absolute Gasteiger partial charge is 0.331 e. The van der Waals surface area contributed by atoms with Crippen LogP contribution in [0.5, 0.6) is 0 Å². The zero-order chi connectivity index (χ0) is 13.2. The van der Waals surface area contributed by atoms with Crippen LogP contribution in [0.1, 0.15) is 32.9 Å². The summed E-state index contributed by atoms with van der Waals surface area (Å²) in [5.74, 6) is -0.878. The molecule has 0 saturated heterocycles. The summed E-state index contributed by atoms with van der Waals surface area (Å²) < 4.78 is 1.07. The number of hydrogen-bond acceptors (Lipinski definition) is 3. The minimum absolute atomic E-state index is 0.158. The van der Waals surface area contributed by atoms with Crippen molar-refractivity contribution in [3.05, 3.63) is 28.2 Å². The third-order valence-electron chi connectivity index (χ3n) is 2.67. The first-order chi connectivity index (χ1) is 7.77. The van der Waals surface area contributed by atoms with Gasteiger partial charge in [-0.15, -0.1) is 0 Å². The van der Waals surface area contributed by atoms with E-state index in [1.54, 1.807) is 13.0 Å². The first-order valence-corrected chi connectivity index (χ1v) is 5.58. The minimum Gasteiger partial charge on any atom is -0.479 e. The fraction of sp³-hybridized carbons (Fsp3) is 0.583. The van der Waals surface area contributed by atoms with Crippen LogP contribution < -0.4 is 5.56 Å². The summed E-state index contributed by atoms with van der Waals surface area (Å²) in [6.07, 6.45) is 0.360. The molecule has 5 nitrogen and oxygen atoms in total. The molecule has 0 fully saturated rings. The normalized spacial score (nSPS) is 14.6. The average molecular weight is 238 g/mol. The number of carboxylic acid groups (broad SMARTS) is 1. The van der Waals surface area contributed by atoms with Gasteiger partial charge < -0.3 is 5.11 Å². The van der Waals surface area contributed by atoms with Gasteiger partial charge in [-0.3, -0.25) is 4.79 Å². The Morgan fingerprint density at radius 2 is 2.12 bits per heavy atom. The molecule has 0 aliphatic rings. The van der Waals surface area contributed by atoms with E-state index in [1.807, 2.05) is 13.8 Å². The lowest BCUT2D eigenvalue weighted by molar-refractivity contribution is -0.148. The molecular formula is C12H18N2O3. The second-order valence-corrected chi connectivity index (χ2v) is 4.90. The van der Waals surface area contributed by atoms with E-state index in [4.69, 9.17) is 0 Å². The molecule has 1 aromatic heterocycles. The number of rotatable bonds is 4. The Kier molecular flexibility index (Phi) is 3.70. The molecule has 1 rings (SSSR count). The maximum atomic E-state index is 11.7.